The summed E-state index contributed by atoms with van der Waals surface area (Å²) in [7, 11) is 0. The Balaban J connectivity index is 1.27. The predicted molar refractivity (Wildman–Crippen MR) is 227 cm³/mol. The average molecular weight is 754 g/mol. The minimum atomic E-state index is 0.942. The summed E-state index contributed by atoms with van der Waals surface area (Å²) in [4.78, 5) is 7.91. The molecule has 0 amide bonds. The molecule has 270 valence electrons. The quantitative estimate of drug-likeness (QED) is 0.0610. The monoisotopic (exact) mass is 753 g/mol. The molecule has 0 aliphatic carbocycles. The van der Waals surface area contributed by atoms with Gasteiger partial charge >= 0.3 is 0 Å². The van der Waals surface area contributed by atoms with E-state index in [4.69, 9.17) is 10.2 Å². The minimum Gasteiger partial charge on any atom is -0.274 e. The van der Waals surface area contributed by atoms with Gasteiger partial charge < -0.3 is 0 Å². The van der Waals surface area contributed by atoms with Crippen molar-refractivity contribution in [1.29, 1.82) is 0 Å². The predicted octanol–water partition coefficient (Wildman–Crippen LogP) is 15.5. The van der Waals surface area contributed by atoms with Crippen molar-refractivity contribution in [2.24, 2.45) is 0 Å². The average Bonchev–Trinajstić information content (AvgIpc) is 4.00. The molecule has 0 radical (unpaired) electrons. The van der Waals surface area contributed by atoms with Gasteiger partial charge in [-0.25, -0.2) is 0 Å². The third-order valence-electron chi connectivity index (χ3n) is 9.83. The second kappa shape index (κ2) is 20.4. The first-order valence-corrected chi connectivity index (χ1v) is 23.0. The lowest BCUT2D eigenvalue weighted by atomic mass is 10.0. The summed E-state index contributed by atoms with van der Waals surface area (Å²) in [6.45, 7) is 4.59. The fourth-order valence-corrected chi connectivity index (χ4v) is 11.2. The van der Waals surface area contributed by atoms with Gasteiger partial charge in [0.2, 0.25) is 0 Å². The van der Waals surface area contributed by atoms with Gasteiger partial charge in [0.15, 0.2) is 11.6 Å². The van der Waals surface area contributed by atoms with Crippen LogP contribution in [0.4, 0.5) is 0 Å². The van der Waals surface area contributed by atoms with Crippen molar-refractivity contribution in [2.45, 2.75) is 129 Å². The van der Waals surface area contributed by atoms with Crippen LogP contribution in [0.15, 0.2) is 77.5 Å². The van der Waals surface area contributed by atoms with E-state index in [-0.39, 0.29) is 0 Å². The molecular weight excluding hydrogens is 699 g/mol. The summed E-state index contributed by atoms with van der Waals surface area (Å²) in [6.07, 6.45) is 23.7. The number of nitrogens with zero attached hydrogens (tertiary/aromatic N) is 3. The molecule has 0 unspecified atom stereocenters. The van der Waals surface area contributed by atoms with E-state index in [1.807, 2.05) is 45.3 Å². The molecule has 0 N–H and O–H groups in total. The molecule has 3 nitrogen and oxygen atoms in total. The van der Waals surface area contributed by atoms with E-state index in [0.29, 0.717) is 0 Å². The lowest BCUT2D eigenvalue weighted by Crippen LogP contribution is -1.98. The van der Waals surface area contributed by atoms with Crippen LogP contribution in [0.2, 0.25) is 0 Å². The molecule has 0 saturated heterocycles. The molecule has 51 heavy (non-hydrogen) atoms. The summed E-state index contributed by atoms with van der Waals surface area (Å²) in [5, 5.41) is 14.4. The van der Waals surface area contributed by atoms with E-state index >= 15 is 0 Å². The highest BCUT2D eigenvalue weighted by Gasteiger charge is 2.24. The van der Waals surface area contributed by atoms with Gasteiger partial charge in [-0.15, -0.1) is 55.5 Å². The summed E-state index contributed by atoms with van der Waals surface area (Å²) in [6, 6.07) is 24.5. The number of aromatic nitrogens is 3. The Morgan fingerprint density at radius 2 is 0.902 bits per heavy atom. The maximum atomic E-state index is 4.97. The Bertz CT molecular complexity index is 1710. The number of hydrogen-bond donors (Lipinski definition) is 0. The number of para-hydroxylation sites is 1. The maximum absolute atomic E-state index is 4.97. The van der Waals surface area contributed by atoms with Crippen molar-refractivity contribution >= 4 is 45.3 Å². The van der Waals surface area contributed by atoms with Gasteiger partial charge in [-0.2, -0.15) is 0 Å². The molecule has 5 aromatic heterocycles. The van der Waals surface area contributed by atoms with Gasteiger partial charge in [0.25, 0.3) is 0 Å². The van der Waals surface area contributed by atoms with E-state index in [1.54, 1.807) is 0 Å². The number of thiophene rings is 4. The zero-order valence-corrected chi connectivity index (χ0v) is 34.0. The molecule has 0 aliphatic rings. The number of rotatable bonds is 23. The molecular formula is C44H55N3S4. The largest absolute Gasteiger partial charge is 0.274 e. The minimum absolute atomic E-state index is 0.942. The Morgan fingerprint density at radius 1 is 0.471 bits per heavy atom. The molecule has 0 atom stereocenters. The molecule has 6 aromatic rings. The SMILES string of the molecule is CCCCCCCCCCc1cc(-c2nnc(-c3cc(CCCCCCCCCC)c(-c4cccs4)s3)n2-c2ccccc2)sc1-c1cccs1. The van der Waals surface area contributed by atoms with Gasteiger partial charge in [-0.3, -0.25) is 4.57 Å². The second-order valence-electron chi connectivity index (χ2n) is 13.9. The van der Waals surface area contributed by atoms with Crippen molar-refractivity contribution in [3.63, 3.8) is 0 Å². The highest BCUT2D eigenvalue weighted by atomic mass is 32.1. The van der Waals surface area contributed by atoms with E-state index in [9.17, 15) is 0 Å². The topological polar surface area (TPSA) is 30.7 Å². The summed E-state index contributed by atoms with van der Waals surface area (Å²) in [5.74, 6) is 1.88. The van der Waals surface area contributed by atoms with Crippen LogP contribution >= 0.6 is 45.3 Å². The van der Waals surface area contributed by atoms with Crippen molar-refractivity contribution in [3.05, 3.63) is 88.6 Å². The molecule has 0 fully saturated rings. The smallest absolute Gasteiger partial charge is 0.179 e. The third kappa shape index (κ3) is 10.4. The molecule has 6 rings (SSSR count). The Morgan fingerprint density at radius 3 is 1.31 bits per heavy atom. The number of unbranched alkanes of at least 4 members (excludes halogenated alkanes) is 14. The van der Waals surface area contributed by atoms with Gasteiger partial charge in [0.05, 0.1) is 9.75 Å². The summed E-state index contributed by atoms with van der Waals surface area (Å²) >= 11 is 7.46. The second-order valence-corrected chi connectivity index (χ2v) is 17.9. The number of hydrogen-bond acceptors (Lipinski definition) is 6. The van der Waals surface area contributed by atoms with Gasteiger partial charge in [-0.1, -0.05) is 134 Å². The standard InChI is InChI=1S/C44H55N3S4/c1-3-5-7-9-11-13-15-18-24-34-32-39(50-41(34)37-28-22-30-48-37)43-45-46-44(47(43)36-26-20-17-21-27-36)40-33-35(42(51-40)38-29-23-31-49-38)25-19-16-14-12-10-8-6-4-2/h17,20-23,26-33H,3-16,18-19,24-25H2,1-2H3. The van der Waals surface area contributed by atoms with Crippen molar-refractivity contribution in [3.8, 4) is 46.6 Å². The summed E-state index contributed by atoms with van der Waals surface area (Å²) < 4.78 is 2.31. The van der Waals surface area contributed by atoms with Crippen LogP contribution in [0, 0.1) is 0 Å². The van der Waals surface area contributed by atoms with E-state index in [1.165, 1.54) is 143 Å². The Labute approximate surface area is 322 Å². The first-order chi connectivity index (χ1) is 25.3. The van der Waals surface area contributed by atoms with E-state index < -0.39 is 0 Å². The lowest BCUT2D eigenvalue weighted by Gasteiger charge is -2.08. The van der Waals surface area contributed by atoms with Crippen LogP contribution in [0.1, 0.15) is 128 Å². The molecule has 0 aliphatic heterocycles. The van der Waals surface area contributed by atoms with E-state index in [2.05, 4.69) is 95.9 Å². The van der Waals surface area contributed by atoms with Gasteiger partial charge in [0.1, 0.15) is 0 Å². The van der Waals surface area contributed by atoms with E-state index in [0.717, 1.165) is 30.2 Å². The zero-order chi connectivity index (χ0) is 35.1. The lowest BCUT2D eigenvalue weighted by molar-refractivity contribution is 0.576. The fraction of sp³-hybridized carbons (Fsp3) is 0.455. The Hall–Kier alpha value is -2.84. The van der Waals surface area contributed by atoms with Crippen molar-refractivity contribution in [1.82, 2.24) is 14.8 Å². The first-order valence-electron chi connectivity index (χ1n) is 19.6. The molecule has 0 saturated carbocycles. The van der Waals surface area contributed by atoms with Crippen LogP contribution in [-0.4, -0.2) is 14.8 Å². The van der Waals surface area contributed by atoms with Crippen LogP contribution < -0.4 is 0 Å². The van der Waals surface area contributed by atoms with Crippen LogP contribution in [0.5, 0.6) is 0 Å². The molecule has 0 bridgehead atoms. The fourth-order valence-electron chi connectivity index (χ4n) is 7.01. The van der Waals surface area contributed by atoms with Crippen molar-refractivity contribution < 1.29 is 0 Å². The van der Waals surface area contributed by atoms with Crippen LogP contribution in [0.3, 0.4) is 0 Å². The number of aryl methyl sites for hydroxylation is 2. The molecule has 5 heterocycles. The molecule has 0 spiro atoms. The normalized spacial score (nSPS) is 11.6. The number of benzene rings is 1. The Kier molecular flexibility index (Phi) is 15.2. The van der Waals surface area contributed by atoms with Crippen LogP contribution in [-0.2, 0) is 12.8 Å². The van der Waals surface area contributed by atoms with Crippen LogP contribution in [0.25, 0.3) is 46.6 Å². The third-order valence-corrected chi connectivity index (χ3v) is 14.3. The van der Waals surface area contributed by atoms with Gasteiger partial charge in [0, 0.05) is 25.2 Å². The highest BCUT2D eigenvalue weighted by Crippen LogP contribution is 2.44. The maximum Gasteiger partial charge on any atom is 0.179 e. The first kappa shape index (κ1) is 37.9. The summed E-state index contributed by atoms with van der Waals surface area (Å²) in [5.41, 5.74) is 4.02. The zero-order valence-electron chi connectivity index (χ0n) is 30.7. The highest BCUT2D eigenvalue weighted by molar-refractivity contribution is 7.24. The van der Waals surface area contributed by atoms with Crippen molar-refractivity contribution in [2.75, 3.05) is 0 Å². The van der Waals surface area contributed by atoms with Gasteiger partial charge in [-0.05, 0) is 84.0 Å². The molecule has 7 heteroatoms. The molecule has 1 aromatic carbocycles.